The summed E-state index contributed by atoms with van der Waals surface area (Å²) in [6.45, 7) is 14.3. The second-order valence-electron chi connectivity index (χ2n) is 7.30. The largest absolute Gasteiger partial charge is 0.379 e. The number of nitrogens with zero attached hydrogens (tertiary/aromatic N) is 1. The van der Waals surface area contributed by atoms with E-state index in [1.54, 1.807) is 0 Å². The highest BCUT2D eigenvalue weighted by molar-refractivity contribution is 5.94. The number of carbonyl (C=O) groups is 1. The lowest BCUT2D eigenvalue weighted by molar-refractivity contribution is -0.115. The van der Waals surface area contributed by atoms with Gasteiger partial charge in [0.2, 0.25) is 5.91 Å². The van der Waals surface area contributed by atoms with Crippen LogP contribution in [0.25, 0.3) is 0 Å². The molecule has 1 fully saturated rings. The molecule has 1 aromatic carbocycles. The van der Waals surface area contributed by atoms with Crippen LogP contribution in [0.5, 0.6) is 0 Å². The van der Waals surface area contributed by atoms with Crippen LogP contribution in [0.2, 0.25) is 0 Å². The number of morpholine rings is 1. The summed E-state index contributed by atoms with van der Waals surface area (Å²) >= 11 is 0. The summed E-state index contributed by atoms with van der Waals surface area (Å²) in [4.78, 5) is 14.8. The van der Waals surface area contributed by atoms with E-state index in [1.807, 2.05) is 0 Å². The van der Waals surface area contributed by atoms with E-state index in [4.69, 9.17) is 4.74 Å². The van der Waals surface area contributed by atoms with E-state index in [-0.39, 0.29) is 5.91 Å². The van der Waals surface area contributed by atoms with Gasteiger partial charge in [-0.3, -0.25) is 9.69 Å². The lowest BCUT2D eigenvalue weighted by atomic mass is 9.92. The van der Waals surface area contributed by atoms with Crippen LogP contribution in [0.4, 0.5) is 5.69 Å². The Morgan fingerprint density at radius 2 is 1.72 bits per heavy atom. The normalized spacial score (nSPS) is 15.8. The van der Waals surface area contributed by atoms with Crippen LogP contribution < -0.4 is 10.6 Å². The summed E-state index contributed by atoms with van der Waals surface area (Å²) in [6, 6.07) is 6.30. The molecule has 25 heavy (non-hydrogen) atoms. The fourth-order valence-corrected chi connectivity index (χ4v) is 3.14. The molecule has 1 amide bonds. The van der Waals surface area contributed by atoms with Gasteiger partial charge in [-0.15, -0.1) is 0 Å². The molecule has 0 saturated carbocycles. The Hall–Kier alpha value is -1.43. The van der Waals surface area contributed by atoms with Crippen molar-refractivity contribution in [2.45, 2.75) is 39.5 Å². The van der Waals surface area contributed by atoms with E-state index < -0.39 is 0 Å². The molecule has 0 radical (unpaired) electrons. The number of carbonyl (C=O) groups excluding carboxylic acids is 1. The van der Waals surface area contributed by atoms with E-state index in [0.717, 1.165) is 45.1 Å². The highest BCUT2D eigenvalue weighted by atomic mass is 16.5. The first-order valence-corrected chi connectivity index (χ1v) is 9.42. The second kappa shape index (κ2) is 9.90. The highest BCUT2D eigenvalue weighted by Gasteiger charge is 2.16. The predicted octanol–water partition coefficient (Wildman–Crippen LogP) is 2.79. The van der Waals surface area contributed by atoms with Crippen molar-refractivity contribution in [1.29, 1.82) is 0 Å². The lowest BCUT2D eigenvalue weighted by Crippen LogP contribution is -2.41. The topological polar surface area (TPSA) is 53.6 Å². The number of rotatable bonds is 8. The quantitative estimate of drug-likeness (QED) is 0.710. The minimum atomic E-state index is 0.0250. The number of amides is 1. The van der Waals surface area contributed by atoms with E-state index in [2.05, 4.69) is 61.4 Å². The van der Waals surface area contributed by atoms with Crippen molar-refractivity contribution in [3.8, 4) is 0 Å². The van der Waals surface area contributed by atoms with Crippen molar-refractivity contribution in [2.75, 3.05) is 51.3 Å². The van der Waals surface area contributed by atoms with Gasteiger partial charge >= 0.3 is 0 Å². The van der Waals surface area contributed by atoms with Crippen LogP contribution >= 0.6 is 0 Å². The minimum absolute atomic E-state index is 0.0250. The molecule has 1 heterocycles. The van der Waals surface area contributed by atoms with Crippen molar-refractivity contribution in [3.63, 3.8) is 0 Å². The monoisotopic (exact) mass is 347 g/mol. The van der Waals surface area contributed by atoms with Gasteiger partial charge in [-0.05, 0) is 23.0 Å². The molecule has 0 aromatic heterocycles. The third-order valence-corrected chi connectivity index (χ3v) is 4.63. The smallest absolute Gasteiger partial charge is 0.238 e. The number of nitrogens with one attached hydrogen (secondary N) is 2. The van der Waals surface area contributed by atoms with Gasteiger partial charge in [-0.25, -0.2) is 0 Å². The number of ether oxygens (including phenoxy) is 1. The zero-order chi connectivity index (χ0) is 18.2. The van der Waals surface area contributed by atoms with E-state index in [1.165, 1.54) is 11.1 Å². The molecule has 0 aliphatic carbocycles. The molecule has 0 spiro atoms. The minimum Gasteiger partial charge on any atom is -0.379 e. The summed E-state index contributed by atoms with van der Waals surface area (Å²) in [7, 11) is 0. The Balaban J connectivity index is 1.87. The first kappa shape index (κ1) is 19.9. The van der Waals surface area contributed by atoms with Gasteiger partial charge in [0.05, 0.1) is 19.8 Å². The predicted molar refractivity (Wildman–Crippen MR) is 103 cm³/mol. The van der Waals surface area contributed by atoms with Gasteiger partial charge in [0.25, 0.3) is 0 Å². The van der Waals surface area contributed by atoms with Crippen LogP contribution in [0.3, 0.4) is 0 Å². The van der Waals surface area contributed by atoms with Gasteiger partial charge < -0.3 is 15.4 Å². The SMILES string of the molecule is CC(C)c1cccc(C(C)C)c1NC(=O)CNCCN1CCOCC1. The molecule has 0 atom stereocenters. The van der Waals surface area contributed by atoms with E-state index in [9.17, 15) is 4.79 Å². The molecule has 1 aromatic rings. The average Bonchev–Trinajstić information content (AvgIpc) is 2.59. The van der Waals surface area contributed by atoms with Crippen LogP contribution in [0, 0.1) is 0 Å². The van der Waals surface area contributed by atoms with Gasteiger partial charge in [0, 0.05) is 31.9 Å². The van der Waals surface area contributed by atoms with Crippen LogP contribution in [0.15, 0.2) is 18.2 Å². The average molecular weight is 348 g/mol. The fourth-order valence-electron chi connectivity index (χ4n) is 3.14. The molecule has 1 aliphatic rings. The first-order chi connectivity index (χ1) is 12.0. The van der Waals surface area contributed by atoms with E-state index in [0.29, 0.717) is 18.4 Å². The van der Waals surface area contributed by atoms with Crippen LogP contribution in [-0.4, -0.2) is 56.7 Å². The van der Waals surface area contributed by atoms with Gasteiger partial charge in [0.15, 0.2) is 0 Å². The number of anilines is 1. The molecule has 1 aliphatic heterocycles. The Morgan fingerprint density at radius 3 is 2.28 bits per heavy atom. The summed E-state index contributed by atoms with van der Waals surface area (Å²) in [5.41, 5.74) is 3.40. The molecule has 2 rings (SSSR count). The molecular weight excluding hydrogens is 314 g/mol. The van der Waals surface area contributed by atoms with Gasteiger partial charge in [0.1, 0.15) is 0 Å². The molecule has 0 unspecified atom stereocenters. The third kappa shape index (κ3) is 6.10. The summed E-state index contributed by atoms with van der Waals surface area (Å²) < 4.78 is 5.35. The van der Waals surface area contributed by atoms with Crippen molar-refractivity contribution in [1.82, 2.24) is 10.2 Å². The van der Waals surface area contributed by atoms with Gasteiger partial charge in [-0.1, -0.05) is 45.9 Å². The molecule has 140 valence electrons. The zero-order valence-corrected chi connectivity index (χ0v) is 16.1. The maximum Gasteiger partial charge on any atom is 0.238 e. The van der Waals surface area contributed by atoms with Crippen LogP contribution in [-0.2, 0) is 9.53 Å². The standard InChI is InChI=1S/C20H33N3O2/c1-15(2)17-6-5-7-18(16(3)4)20(17)22-19(24)14-21-8-9-23-10-12-25-13-11-23/h5-7,15-16,21H,8-14H2,1-4H3,(H,22,24). The zero-order valence-electron chi connectivity index (χ0n) is 16.1. The Labute approximate surface area is 152 Å². The number of para-hydroxylation sites is 1. The summed E-state index contributed by atoms with van der Waals surface area (Å²) in [5.74, 6) is 0.781. The van der Waals surface area contributed by atoms with Crippen LogP contribution in [0.1, 0.15) is 50.7 Å². The van der Waals surface area contributed by atoms with E-state index >= 15 is 0 Å². The Morgan fingerprint density at radius 1 is 1.12 bits per heavy atom. The number of benzene rings is 1. The number of hydrogen-bond donors (Lipinski definition) is 2. The van der Waals surface area contributed by atoms with Crippen molar-refractivity contribution >= 4 is 11.6 Å². The van der Waals surface area contributed by atoms with Crippen molar-refractivity contribution < 1.29 is 9.53 Å². The third-order valence-electron chi connectivity index (χ3n) is 4.63. The van der Waals surface area contributed by atoms with Gasteiger partial charge in [-0.2, -0.15) is 0 Å². The highest BCUT2D eigenvalue weighted by Crippen LogP contribution is 2.32. The molecule has 0 bridgehead atoms. The Bertz CT molecular complexity index is 526. The molecule has 5 nitrogen and oxygen atoms in total. The second-order valence-corrected chi connectivity index (χ2v) is 7.30. The maximum atomic E-state index is 12.4. The maximum absolute atomic E-state index is 12.4. The van der Waals surface area contributed by atoms with Crippen molar-refractivity contribution in [2.24, 2.45) is 0 Å². The Kier molecular flexibility index (Phi) is 7.88. The molecule has 2 N–H and O–H groups in total. The number of hydrogen-bond acceptors (Lipinski definition) is 4. The molecule has 1 saturated heterocycles. The van der Waals surface area contributed by atoms with Crippen molar-refractivity contribution in [3.05, 3.63) is 29.3 Å². The molecular formula is C20H33N3O2. The summed E-state index contributed by atoms with van der Waals surface area (Å²) in [5, 5.41) is 6.40. The summed E-state index contributed by atoms with van der Waals surface area (Å²) in [6.07, 6.45) is 0. The first-order valence-electron chi connectivity index (χ1n) is 9.42. The fraction of sp³-hybridized carbons (Fsp3) is 0.650. The lowest BCUT2D eigenvalue weighted by Gasteiger charge is -2.26. The molecule has 5 heteroatoms.